The van der Waals surface area contributed by atoms with Crippen molar-refractivity contribution in [3.05, 3.63) is 23.8 Å². The van der Waals surface area contributed by atoms with Crippen LogP contribution in [0.4, 0.5) is 21.0 Å². The molecule has 1 aromatic rings. The molecule has 2 rings (SSSR count). The van der Waals surface area contributed by atoms with E-state index < -0.39 is 6.09 Å². The van der Waals surface area contributed by atoms with Crippen molar-refractivity contribution >= 4 is 23.5 Å². The van der Waals surface area contributed by atoms with Gasteiger partial charge in [-0.15, -0.1) is 0 Å². The smallest absolute Gasteiger partial charge is 0.411 e. The fourth-order valence-electron chi connectivity index (χ4n) is 3.23. The van der Waals surface area contributed by atoms with Crippen molar-refractivity contribution in [2.24, 2.45) is 5.92 Å². The molecule has 0 bridgehead atoms. The summed E-state index contributed by atoms with van der Waals surface area (Å²) in [5, 5.41) is 5.63. The van der Waals surface area contributed by atoms with Gasteiger partial charge in [0, 0.05) is 25.0 Å². The van der Waals surface area contributed by atoms with Crippen molar-refractivity contribution in [2.45, 2.75) is 46.0 Å². The topological polar surface area (TPSA) is 70.7 Å². The highest BCUT2D eigenvalue weighted by Crippen LogP contribution is 2.26. The molecule has 6 nitrogen and oxygen atoms in total. The summed E-state index contributed by atoms with van der Waals surface area (Å²) in [4.78, 5) is 25.8. The van der Waals surface area contributed by atoms with Crippen molar-refractivity contribution < 1.29 is 14.3 Å². The van der Waals surface area contributed by atoms with Crippen LogP contribution in [0.15, 0.2) is 18.2 Å². The van der Waals surface area contributed by atoms with Crippen LogP contribution in [0.1, 0.15) is 44.6 Å². The molecule has 0 spiro atoms. The van der Waals surface area contributed by atoms with Crippen LogP contribution >= 0.6 is 0 Å². The Morgan fingerprint density at radius 2 is 1.80 bits per heavy atom. The van der Waals surface area contributed by atoms with Crippen molar-refractivity contribution in [3.63, 3.8) is 0 Å². The Balaban J connectivity index is 1.96. The van der Waals surface area contributed by atoms with Gasteiger partial charge in [0.25, 0.3) is 0 Å². The third-order valence-electron chi connectivity index (χ3n) is 4.69. The molecule has 0 unspecified atom stereocenters. The summed E-state index contributed by atoms with van der Waals surface area (Å²) in [5.74, 6) is 0.599. The molecule has 0 aromatic heterocycles. The van der Waals surface area contributed by atoms with E-state index in [1.165, 1.54) is 32.1 Å². The monoisotopic (exact) mass is 347 g/mol. The van der Waals surface area contributed by atoms with Crippen LogP contribution in [0, 0.1) is 12.8 Å². The highest BCUT2D eigenvalue weighted by atomic mass is 16.5. The first-order valence-corrected chi connectivity index (χ1v) is 9.06. The van der Waals surface area contributed by atoms with Crippen LogP contribution in [0.25, 0.3) is 0 Å². The number of hydrogen-bond acceptors (Lipinski definition) is 3. The number of carbonyl (C=O) groups excluding carboxylic acids is 2. The summed E-state index contributed by atoms with van der Waals surface area (Å²) in [6.07, 6.45) is 5.75. The van der Waals surface area contributed by atoms with Crippen LogP contribution in [0.3, 0.4) is 0 Å². The number of rotatable bonds is 5. The molecule has 25 heavy (non-hydrogen) atoms. The Labute approximate surface area is 149 Å². The lowest BCUT2D eigenvalue weighted by atomic mass is 9.89. The maximum Gasteiger partial charge on any atom is 0.411 e. The molecule has 0 radical (unpaired) electrons. The molecule has 0 heterocycles. The van der Waals surface area contributed by atoms with Gasteiger partial charge < -0.3 is 15.0 Å². The van der Waals surface area contributed by atoms with Gasteiger partial charge in [-0.1, -0.05) is 25.3 Å². The van der Waals surface area contributed by atoms with E-state index in [4.69, 9.17) is 4.74 Å². The first-order chi connectivity index (χ1) is 12.0. The zero-order valence-corrected chi connectivity index (χ0v) is 15.4. The van der Waals surface area contributed by atoms with Crippen LogP contribution in [0.5, 0.6) is 0 Å². The molecule has 1 aliphatic carbocycles. The second-order valence-corrected chi connectivity index (χ2v) is 6.64. The van der Waals surface area contributed by atoms with E-state index in [2.05, 4.69) is 10.6 Å². The van der Waals surface area contributed by atoms with Crippen molar-refractivity contribution in [2.75, 3.05) is 30.8 Å². The van der Waals surface area contributed by atoms with E-state index in [9.17, 15) is 9.59 Å². The SMILES string of the molecule is CCOC(=O)Nc1cccc(NC(=O)N(C)CC2CCCCC2)c1C. The fraction of sp³-hybridized carbons (Fsp3) is 0.579. The predicted octanol–water partition coefficient (Wildman–Crippen LogP) is 4.61. The van der Waals surface area contributed by atoms with Crippen LogP contribution < -0.4 is 10.6 Å². The number of amides is 3. The van der Waals surface area contributed by atoms with E-state index in [1.54, 1.807) is 24.0 Å². The third-order valence-corrected chi connectivity index (χ3v) is 4.69. The maximum atomic E-state index is 12.5. The van der Waals surface area contributed by atoms with Gasteiger partial charge in [-0.05, 0) is 50.3 Å². The summed E-state index contributed by atoms with van der Waals surface area (Å²) in [6.45, 7) is 4.71. The van der Waals surface area contributed by atoms with E-state index in [0.717, 1.165) is 12.1 Å². The molecule has 0 aliphatic heterocycles. The molecular weight excluding hydrogens is 318 g/mol. The first-order valence-electron chi connectivity index (χ1n) is 9.06. The highest BCUT2D eigenvalue weighted by Gasteiger charge is 2.19. The Kier molecular flexibility index (Phi) is 7.10. The Morgan fingerprint density at radius 1 is 1.16 bits per heavy atom. The maximum absolute atomic E-state index is 12.5. The normalized spacial score (nSPS) is 14.7. The number of hydrogen-bond donors (Lipinski definition) is 2. The lowest BCUT2D eigenvalue weighted by Gasteiger charge is -2.27. The molecule has 138 valence electrons. The van der Waals surface area contributed by atoms with Gasteiger partial charge in [0.05, 0.1) is 6.61 Å². The van der Waals surface area contributed by atoms with E-state index in [1.807, 2.05) is 20.0 Å². The molecule has 6 heteroatoms. The van der Waals surface area contributed by atoms with Gasteiger partial charge in [-0.3, -0.25) is 5.32 Å². The number of nitrogens with one attached hydrogen (secondary N) is 2. The molecule has 1 saturated carbocycles. The largest absolute Gasteiger partial charge is 0.450 e. The number of urea groups is 1. The van der Waals surface area contributed by atoms with Crippen LogP contribution in [0.2, 0.25) is 0 Å². The molecular formula is C19H29N3O3. The number of nitrogens with zero attached hydrogens (tertiary/aromatic N) is 1. The van der Waals surface area contributed by atoms with E-state index in [-0.39, 0.29) is 6.03 Å². The van der Waals surface area contributed by atoms with Gasteiger partial charge in [-0.25, -0.2) is 9.59 Å². The van der Waals surface area contributed by atoms with E-state index in [0.29, 0.717) is 23.9 Å². The predicted molar refractivity (Wildman–Crippen MR) is 100 cm³/mol. The number of anilines is 2. The van der Waals surface area contributed by atoms with Crippen molar-refractivity contribution in [1.29, 1.82) is 0 Å². The standard InChI is InChI=1S/C19H29N3O3/c1-4-25-19(24)21-17-12-8-11-16(14(17)2)20-18(23)22(3)13-15-9-6-5-7-10-15/h8,11-12,15H,4-7,9-10,13H2,1-3H3,(H,20,23)(H,21,24). The average molecular weight is 347 g/mol. The number of carbonyl (C=O) groups is 2. The Hall–Kier alpha value is -2.24. The van der Waals surface area contributed by atoms with Crippen molar-refractivity contribution in [1.82, 2.24) is 4.90 Å². The molecule has 1 aromatic carbocycles. The summed E-state index contributed by atoms with van der Waals surface area (Å²) in [5.41, 5.74) is 2.12. The number of benzene rings is 1. The Morgan fingerprint density at radius 3 is 2.44 bits per heavy atom. The molecule has 2 N–H and O–H groups in total. The summed E-state index contributed by atoms with van der Waals surface area (Å²) in [7, 11) is 1.83. The van der Waals surface area contributed by atoms with Gasteiger partial charge in [-0.2, -0.15) is 0 Å². The van der Waals surface area contributed by atoms with Gasteiger partial charge in [0.1, 0.15) is 0 Å². The minimum absolute atomic E-state index is 0.123. The second-order valence-electron chi connectivity index (χ2n) is 6.64. The van der Waals surface area contributed by atoms with Crippen molar-refractivity contribution in [3.8, 4) is 0 Å². The quantitative estimate of drug-likeness (QED) is 0.817. The molecule has 3 amide bonds. The Bertz CT molecular complexity index is 598. The van der Waals surface area contributed by atoms with Gasteiger partial charge >= 0.3 is 12.1 Å². The summed E-state index contributed by atoms with van der Waals surface area (Å²) < 4.78 is 4.90. The fourth-order valence-corrected chi connectivity index (χ4v) is 3.23. The molecule has 0 saturated heterocycles. The minimum atomic E-state index is -0.497. The van der Waals surface area contributed by atoms with Gasteiger partial charge in [0.2, 0.25) is 0 Å². The average Bonchev–Trinajstić information content (AvgIpc) is 2.59. The highest BCUT2D eigenvalue weighted by molar-refractivity contribution is 5.93. The summed E-state index contributed by atoms with van der Waals surface area (Å²) in [6, 6.07) is 5.29. The minimum Gasteiger partial charge on any atom is -0.450 e. The first kappa shape index (κ1) is 19.1. The molecule has 1 aliphatic rings. The van der Waals surface area contributed by atoms with Gasteiger partial charge in [0.15, 0.2) is 0 Å². The third kappa shape index (κ3) is 5.66. The molecule has 0 atom stereocenters. The molecule has 1 fully saturated rings. The van der Waals surface area contributed by atoms with Crippen LogP contribution in [-0.2, 0) is 4.74 Å². The lowest BCUT2D eigenvalue weighted by molar-refractivity contribution is 0.168. The zero-order chi connectivity index (χ0) is 18.2. The summed E-state index contributed by atoms with van der Waals surface area (Å²) >= 11 is 0. The second kappa shape index (κ2) is 9.30. The number of ether oxygens (including phenoxy) is 1. The zero-order valence-electron chi connectivity index (χ0n) is 15.4. The van der Waals surface area contributed by atoms with E-state index >= 15 is 0 Å². The lowest BCUT2D eigenvalue weighted by Crippen LogP contribution is -2.36. The van der Waals surface area contributed by atoms with Crippen LogP contribution in [-0.4, -0.2) is 37.2 Å².